The molecular weight excluding hydrogens is 248 g/mol. The van der Waals surface area contributed by atoms with Crippen molar-refractivity contribution in [3.05, 3.63) is 36.7 Å². The van der Waals surface area contributed by atoms with Crippen molar-refractivity contribution in [2.45, 2.75) is 19.5 Å². The first-order valence-corrected chi connectivity index (χ1v) is 5.91. The van der Waals surface area contributed by atoms with Gasteiger partial charge in [0, 0.05) is 31.2 Å². The standard InChI is InChI=1S/C11H14N6S/c1-8(6-17-5-4-13-7-17)15-11-14-3-2-9(16-11)10(12)18/h2-5,7-8H,6H2,1H3,(H2,12,18)(H,14,15,16). The number of nitrogens with one attached hydrogen (secondary N) is 1. The van der Waals surface area contributed by atoms with E-state index in [4.69, 9.17) is 18.0 Å². The normalized spacial score (nSPS) is 12.1. The number of rotatable bonds is 5. The van der Waals surface area contributed by atoms with Gasteiger partial charge >= 0.3 is 0 Å². The number of imidazole rings is 1. The summed E-state index contributed by atoms with van der Waals surface area (Å²) in [5, 5.41) is 3.19. The van der Waals surface area contributed by atoms with Gasteiger partial charge in [0.05, 0.1) is 6.33 Å². The largest absolute Gasteiger partial charge is 0.388 e. The fourth-order valence-corrected chi connectivity index (χ4v) is 1.66. The van der Waals surface area contributed by atoms with E-state index >= 15 is 0 Å². The van der Waals surface area contributed by atoms with Crippen molar-refractivity contribution in [1.82, 2.24) is 19.5 Å². The van der Waals surface area contributed by atoms with Crippen LogP contribution in [0, 0.1) is 0 Å². The highest BCUT2D eigenvalue weighted by Crippen LogP contribution is 2.04. The smallest absolute Gasteiger partial charge is 0.223 e. The third kappa shape index (κ3) is 3.24. The van der Waals surface area contributed by atoms with Crippen molar-refractivity contribution < 1.29 is 0 Å². The van der Waals surface area contributed by atoms with Crippen LogP contribution in [-0.2, 0) is 6.54 Å². The lowest BCUT2D eigenvalue weighted by Gasteiger charge is -2.14. The first kappa shape index (κ1) is 12.4. The molecule has 1 unspecified atom stereocenters. The lowest BCUT2D eigenvalue weighted by molar-refractivity contribution is 0.614. The molecule has 7 heteroatoms. The maximum absolute atomic E-state index is 5.52. The summed E-state index contributed by atoms with van der Waals surface area (Å²) >= 11 is 4.88. The van der Waals surface area contributed by atoms with Crippen LogP contribution in [0.15, 0.2) is 31.0 Å². The van der Waals surface area contributed by atoms with Gasteiger partial charge in [-0.05, 0) is 13.0 Å². The van der Waals surface area contributed by atoms with Gasteiger partial charge in [-0.1, -0.05) is 12.2 Å². The molecule has 94 valence electrons. The molecule has 0 spiro atoms. The average Bonchev–Trinajstić information content (AvgIpc) is 2.82. The van der Waals surface area contributed by atoms with E-state index in [-0.39, 0.29) is 11.0 Å². The van der Waals surface area contributed by atoms with Gasteiger partial charge in [0.25, 0.3) is 0 Å². The van der Waals surface area contributed by atoms with Crippen molar-refractivity contribution in [3.8, 4) is 0 Å². The molecule has 0 aliphatic rings. The summed E-state index contributed by atoms with van der Waals surface area (Å²) in [5.74, 6) is 0.521. The number of thiocarbonyl (C=S) groups is 1. The molecule has 0 aromatic carbocycles. The number of hydrogen-bond acceptors (Lipinski definition) is 5. The predicted octanol–water partition coefficient (Wildman–Crippen LogP) is 0.808. The molecule has 2 heterocycles. The highest BCUT2D eigenvalue weighted by molar-refractivity contribution is 7.80. The van der Waals surface area contributed by atoms with Crippen molar-refractivity contribution in [2.75, 3.05) is 5.32 Å². The number of hydrogen-bond donors (Lipinski definition) is 2. The Morgan fingerprint density at radius 1 is 1.56 bits per heavy atom. The molecule has 2 aromatic heterocycles. The fraction of sp³-hybridized carbons (Fsp3) is 0.273. The van der Waals surface area contributed by atoms with Gasteiger partial charge in [-0.25, -0.2) is 15.0 Å². The Kier molecular flexibility index (Phi) is 3.83. The number of nitrogens with zero attached hydrogens (tertiary/aromatic N) is 4. The number of aromatic nitrogens is 4. The number of anilines is 1. The second-order valence-electron chi connectivity index (χ2n) is 3.93. The third-order valence-electron chi connectivity index (χ3n) is 2.33. The molecule has 1 atom stereocenters. The Balaban J connectivity index is 2.00. The van der Waals surface area contributed by atoms with E-state index in [9.17, 15) is 0 Å². The number of nitrogens with two attached hydrogens (primary N) is 1. The summed E-state index contributed by atoms with van der Waals surface area (Å²) in [5.41, 5.74) is 6.09. The first-order valence-electron chi connectivity index (χ1n) is 5.50. The molecular formula is C11H14N6S. The minimum Gasteiger partial charge on any atom is -0.388 e. The van der Waals surface area contributed by atoms with Gasteiger partial charge < -0.3 is 15.6 Å². The van der Waals surface area contributed by atoms with Crippen molar-refractivity contribution in [2.24, 2.45) is 5.73 Å². The summed E-state index contributed by atoms with van der Waals surface area (Å²) in [6.45, 7) is 2.82. The Labute approximate surface area is 110 Å². The zero-order valence-corrected chi connectivity index (χ0v) is 10.8. The van der Waals surface area contributed by atoms with Gasteiger partial charge in [0.2, 0.25) is 5.95 Å². The molecule has 0 aliphatic heterocycles. The van der Waals surface area contributed by atoms with Crippen LogP contribution in [0.25, 0.3) is 0 Å². The summed E-state index contributed by atoms with van der Waals surface area (Å²) in [4.78, 5) is 12.6. The second-order valence-corrected chi connectivity index (χ2v) is 4.37. The minimum atomic E-state index is 0.167. The van der Waals surface area contributed by atoms with E-state index < -0.39 is 0 Å². The Morgan fingerprint density at radius 2 is 2.39 bits per heavy atom. The first-order chi connectivity index (χ1) is 8.65. The van der Waals surface area contributed by atoms with Crippen LogP contribution in [-0.4, -0.2) is 30.5 Å². The molecule has 0 amide bonds. The Hall–Kier alpha value is -2.02. The summed E-state index contributed by atoms with van der Waals surface area (Å²) in [6.07, 6.45) is 7.05. The van der Waals surface area contributed by atoms with Crippen LogP contribution in [0.3, 0.4) is 0 Å². The minimum absolute atomic E-state index is 0.167. The Morgan fingerprint density at radius 3 is 3.06 bits per heavy atom. The second kappa shape index (κ2) is 5.54. The maximum Gasteiger partial charge on any atom is 0.223 e. The van der Waals surface area contributed by atoms with Gasteiger partial charge in [0.15, 0.2) is 0 Å². The molecule has 0 fully saturated rings. The van der Waals surface area contributed by atoms with Crippen LogP contribution in [0.5, 0.6) is 0 Å². The summed E-state index contributed by atoms with van der Waals surface area (Å²) in [7, 11) is 0. The highest BCUT2D eigenvalue weighted by Gasteiger charge is 2.06. The molecule has 0 saturated heterocycles. The molecule has 2 aromatic rings. The van der Waals surface area contributed by atoms with Crippen LogP contribution < -0.4 is 11.1 Å². The molecule has 3 N–H and O–H groups in total. The zero-order valence-electron chi connectivity index (χ0n) is 9.95. The maximum atomic E-state index is 5.52. The fourth-order valence-electron chi connectivity index (χ4n) is 1.54. The van der Waals surface area contributed by atoms with Crippen LogP contribution in [0.2, 0.25) is 0 Å². The van der Waals surface area contributed by atoms with Crippen molar-refractivity contribution in [1.29, 1.82) is 0 Å². The van der Waals surface area contributed by atoms with Gasteiger partial charge in [-0.15, -0.1) is 0 Å². The van der Waals surface area contributed by atoms with Gasteiger partial charge in [-0.3, -0.25) is 0 Å². The van der Waals surface area contributed by atoms with Crippen molar-refractivity contribution >= 4 is 23.2 Å². The van der Waals surface area contributed by atoms with Gasteiger partial charge in [0.1, 0.15) is 10.7 Å². The molecule has 0 aliphatic carbocycles. The molecule has 6 nitrogen and oxygen atoms in total. The van der Waals surface area contributed by atoms with Crippen LogP contribution >= 0.6 is 12.2 Å². The van der Waals surface area contributed by atoms with E-state index in [0.29, 0.717) is 11.6 Å². The quantitative estimate of drug-likeness (QED) is 0.776. The van der Waals surface area contributed by atoms with E-state index in [0.717, 1.165) is 6.54 Å². The SMILES string of the molecule is CC(Cn1ccnc1)Nc1nccc(C(N)=S)n1. The monoisotopic (exact) mass is 262 g/mol. The summed E-state index contributed by atoms with van der Waals surface area (Å²) < 4.78 is 1.98. The molecule has 2 rings (SSSR count). The Bertz CT molecular complexity index is 524. The molecule has 0 saturated carbocycles. The predicted molar refractivity (Wildman–Crippen MR) is 73.2 cm³/mol. The topological polar surface area (TPSA) is 81.7 Å². The van der Waals surface area contributed by atoms with E-state index in [1.807, 2.05) is 17.7 Å². The van der Waals surface area contributed by atoms with E-state index in [2.05, 4.69) is 20.3 Å². The zero-order chi connectivity index (χ0) is 13.0. The molecule has 18 heavy (non-hydrogen) atoms. The lowest BCUT2D eigenvalue weighted by atomic mass is 10.3. The highest BCUT2D eigenvalue weighted by atomic mass is 32.1. The van der Waals surface area contributed by atoms with Gasteiger partial charge in [-0.2, -0.15) is 0 Å². The van der Waals surface area contributed by atoms with E-state index in [1.54, 1.807) is 24.8 Å². The molecule has 0 radical (unpaired) electrons. The van der Waals surface area contributed by atoms with Crippen molar-refractivity contribution in [3.63, 3.8) is 0 Å². The molecule has 0 bridgehead atoms. The van der Waals surface area contributed by atoms with Crippen LogP contribution in [0.1, 0.15) is 12.6 Å². The third-order valence-corrected chi connectivity index (χ3v) is 2.54. The van der Waals surface area contributed by atoms with Crippen LogP contribution in [0.4, 0.5) is 5.95 Å². The average molecular weight is 262 g/mol. The lowest BCUT2D eigenvalue weighted by Crippen LogP contribution is -2.23. The summed E-state index contributed by atoms with van der Waals surface area (Å²) in [6, 6.07) is 1.86. The van der Waals surface area contributed by atoms with E-state index in [1.165, 1.54) is 0 Å².